The number of hydrogen-bond donors (Lipinski definition) is 1. The van der Waals surface area contributed by atoms with Crippen molar-refractivity contribution in [3.63, 3.8) is 0 Å². The highest BCUT2D eigenvalue weighted by Gasteiger charge is 2.42. The molecule has 1 unspecified atom stereocenters. The van der Waals surface area contributed by atoms with Crippen LogP contribution in [0.25, 0.3) is 10.1 Å². The summed E-state index contributed by atoms with van der Waals surface area (Å²) in [7, 11) is 0. The molecule has 0 bridgehead atoms. The second-order valence-electron chi connectivity index (χ2n) is 5.60. The monoisotopic (exact) mass is 307 g/mol. The molecule has 1 fully saturated rings. The lowest BCUT2D eigenvalue weighted by molar-refractivity contribution is -0.147. The third-order valence-corrected chi connectivity index (χ3v) is 5.08. The molecule has 6 heteroatoms. The lowest BCUT2D eigenvalue weighted by Gasteiger charge is -2.19. The fourth-order valence-corrected chi connectivity index (χ4v) is 3.64. The Hall–Kier alpha value is -1.95. The van der Waals surface area contributed by atoms with Crippen LogP contribution in [0.1, 0.15) is 23.0 Å². The molecule has 0 saturated carbocycles. The number of halogens is 1. The number of rotatable bonds is 2. The van der Waals surface area contributed by atoms with Gasteiger partial charge in [-0.3, -0.25) is 9.59 Å². The van der Waals surface area contributed by atoms with Gasteiger partial charge in [0.1, 0.15) is 5.82 Å². The molecule has 4 nitrogen and oxygen atoms in total. The van der Waals surface area contributed by atoms with E-state index < -0.39 is 11.4 Å². The Morgan fingerprint density at radius 1 is 1.43 bits per heavy atom. The molecule has 1 N–H and O–H groups in total. The summed E-state index contributed by atoms with van der Waals surface area (Å²) in [5.74, 6) is -1.46. The highest BCUT2D eigenvalue weighted by atomic mass is 32.1. The van der Waals surface area contributed by atoms with E-state index in [4.69, 9.17) is 0 Å². The number of aliphatic carboxylic acids is 1. The standard InChI is InChI=1S/C15H14FNO3S/c1-15(14(19)20)5-6-17(8-15)13(18)12-7-9-10(16)3-2-4-11(9)21-12/h2-4,7H,5-6,8H2,1H3,(H,19,20). The first-order chi connectivity index (χ1) is 9.90. The summed E-state index contributed by atoms with van der Waals surface area (Å²) in [6, 6.07) is 6.29. The second kappa shape index (κ2) is 4.80. The van der Waals surface area contributed by atoms with Crippen LogP contribution in [0.4, 0.5) is 4.39 Å². The normalized spacial score (nSPS) is 21.9. The Labute approximate surface area is 124 Å². The van der Waals surface area contributed by atoms with E-state index in [0.29, 0.717) is 23.2 Å². The Morgan fingerprint density at radius 3 is 2.81 bits per heavy atom. The molecule has 1 aliphatic rings. The first kappa shape index (κ1) is 14.0. The van der Waals surface area contributed by atoms with Gasteiger partial charge in [-0.05, 0) is 31.5 Å². The van der Waals surface area contributed by atoms with Crippen molar-refractivity contribution in [1.29, 1.82) is 0 Å². The van der Waals surface area contributed by atoms with Crippen LogP contribution in [-0.2, 0) is 4.79 Å². The van der Waals surface area contributed by atoms with Crippen molar-refractivity contribution in [3.05, 3.63) is 35.0 Å². The number of benzene rings is 1. The average Bonchev–Trinajstić information content (AvgIpc) is 3.03. The Morgan fingerprint density at radius 2 is 2.19 bits per heavy atom. The summed E-state index contributed by atoms with van der Waals surface area (Å²) in [6.45, 7) is 2.25. The Balaban J connectivity index is 1.88. The Bertz CT molecular complexity index is 742. The molecule has 0 spiro atoms. The second-order valence-corrected chi connectivity index (χ2v) is 6.69. The van der Waals surface area contributed by atoms with Gasteiger partial charge in [-0.25, -0.2) is 4.39 Å². The summed E-state index contributed by atoms with van der Waals surface area (Å²) in [5.41, 5.74) is -0.891. The Kier molecular flexibility index (Phi) is 3.20. The number of carbonyl (C=O) groups is 2. The van der Waals surface area contributed by atoms with Gasteiger partial charge >= 0.3 is 5.97 Å². The van der Waals surface area contributed by atoms with E-state index >= 15 is 0 Å². The topological polar surface area (TPSA) is 57.6 Å². The number of nitrogens with zero attached hydrogens (tertiary/aromatic N) is 1. The lowest BCUT2D eigenvalue weighted by atomic mass is 9.90. The first-order valence-electron chi connectivity index (χ1n) is 6.61. The smallest absolute Gasteiger partial charge is 0.311 e. The minimum atomic E-state index is -0.891. The van der Waals surface area contributed by atoms with Gasteiger partial charge in [0.25, 0.3) is 5.91 Å². The molecule has 0 radical (unpaired) electrons. The largest absolute Gasteiger partial charge is 0.481 e. The van der Waals surface area contributed by atoms with Crippen LogP contribution in [0.2, 0.25) is 0 Å². The van der Waals surface area contributed by atoms with Crippen LogP contribution in [0, 0.1) is 11.2 Å². The predicted molar refractivity (Wildman–Crippen MR) is 78.0 cm³/mol. The summed E-state index contributed by atoms with van der Waals surface area (Å²) in [4.78, 5) is 25.7. The number of carboxylic acids is 1. The molecule has 1 atom stereocenters. The molecule has 1 aromatic heterocycles. The summed E-state index contributed by atoms with van der Waals surface area (Å²) in [6.07, 6.45) is 0.438. The van der Waals surface area contributed by atoms with E-state index in [-0.39, 0.29) is 18.3 Å². The summed E-state index contributed by atoms with van der Waals surface area (Å²) < 4.78 is 14.4. The number of amides is 1. The molecular weight excluding hydrogens is 293 g/mol. The zero-order valence-electron chi connectivity index (χ0n) is 11.4. The van der Waals surface area contributed by atoms with Gasteiger partial charge in [0.15, 0.2) is 0 Å². The van der Waals surface area contributed by atoms with Crippen molar-refractivity contribution in [2.24, 2.45) is 5.41 Å². The molecule has 110 valence electrons. The van der Waals surface area contributed by atoms with Gasteiger partial charge in [-0.15, -0.1) is 11.3 Å². The van der Waals surface area contributed by atoms with Crippen molar-refractivity contribution < 1.29 is 19.1 Å². The fraction of sp³-hybridized carbons (Fsp3) is 0.333. The lowest BCUT2D eigenvalue weighted by Crippen LogP contribution is -2.34. The molecular formula is C15H14FNO3S. The number of carboxylic acid groups (broad SMARTS) is 1. The van der Waals surface area contributed by atoms with Gasteiger partial charge in [0, 0.05) is 23.2 Å². The third kappa shape index (κ3) is 2.29. The van der Waals surface area contributed by atoms with Crippen molar-refractivity contribution in [3.8, 4) is 0 Å². The van der Waals surface area contributed by atoms with Crippen molar-refractivity contribution in [2.45, 2.75) is 13.3 Å². The predicted octanol–water partition coefficient (Wildman–Crippen LogP) is 2.98. The van der Waals surface area contributed by atoms with E-state index in [2.05, 4.69) is 0 Å². The van der Waals surface area contributed by atoms with Crippen molar-refractivity contribution >= 4 is 33.3 Å². The van der Waals surface area contributed by atoms with E-state index in [1.54, 1.807) is 25.1 Å². The van der Waals surface area contributed by atoms with Crippen molar-refractivity contribution in [1.82, 2.24) is 4.90 Å². The van der Waals surface area contributed by atoms with E-state index in [0.717, 1.165) is 4.70 Å². The van der Waals surface area contributed by atoms with Crippen LogP contribution >= 0.6 is 11.3 Å². The molecule has 1 amide bonds. The number of carbonyl (C=O) groups excluding carboxylic acids is 1. The van der Waals surface area contributed by atoms with Gasteiger partial charge in [0.05, 0.1) is 10.3 Å². The molecule has 2 aromatic rings. The maximum absolute atomic E-state index is 13.7. The number of fused-ring (bicyclic) bond motifs is 1. The zero-order chi connectivity index (χ0) is 15.2. The average molecular weight is 307 g/mol. The van der Waals surface area contributed by atoms with E-state index in [1.165, 1.54) is 22.3 Å². The highest BCUT2D eigenvalue weighted by molar-refractivity contribution is 7.20. The first-order valence-corrected chi connectivity index (χ1v) is 7.43. The van der Waals surface area contributed by atoms with Crippen LogP contribution in [-0.4, -0.2) is 35.0 Å². The number of likely N-dealkylation sites (tertiary alicyclic amines) is 1. The summed E-state index contributed by atoms with van der Waals surface area (Å²) in [5, 5.41) is 9.64. The SMILES string of the molecule is CC1(C(=O)O)CCN(C(=O)c2cc3c(F)cccc3s2)C1. The zero-order valence-corrected chi connectivity index (χ0v) is 12.2. The van der Waals surface area contributed by atoms with Gasteiger partial charge in [-0.2, -0.15) is 0 Å². The van der Waals surface area contributed by atoms with Gasteiger partial charge in [0.2, 0.25) is 0 Å². The molecule has 1 aromatic carbocycles. The fourth-order valence-electron chi connectivity index (χ4n) is 2.60. The minimum Gasteiger partial charge on any atom is -0.481 e. The number of hydrogen-bond acceptors (Lipinski definition) is 3. The maximum Gasteiger partial charge on any atom is 0.311 e. The number of thiophene rings is 1. The van der Waals surface area contributed by atoms with Crippen molar-refractivity contribution in [2.75, 3.05) is 13.1 Å². The van der Waals surface area contributed by atoms with Gasteiger partial charge in [-0.1, -0.05) is 6.07 Å². The molecule has 0 aliphatic carbocycles. The highest BCUT2D eigenvalue weighted by Crippen LogP contribution is 2.33. The van der Waals surface area contributed by atoms with Crippen LogP contribution in [0.3, 0.4) is 0 Å². The molecule has 3 rings (SSSR count). The molecule has 1 saturated heterocycles. The molecule has 2 heterocycles. The molecule has 1 aliphatic heterocycles. The maximum atomic E-state index is 13.7. The molecule has 21 heavy (non-hydrogen) atoms. The third-order valence-electron chi connectivity index (χ3n) is 4.00. The van der Waals surface area contributed by atoms with Crippen LogP contribution in [0.15, 0.2) is 24.3 Å². The van der Waals surface area contributed by atoms with E-state index in [9.17, 15) is 19.1 Å². The van der Waals surface area contributed by atoms with Crippen LogP contribution < -0.4 is 0 Å². The van der Waals surface area contributed by atoms with E-state index in [1.807, 2.05) is 0 Å². The van der Waals surface area contributed by atoms with Gasteiger partial charge < -0.3 is 10.0 Å². The quantitative estimate of drug-likeness (QED) is 0.928. The van der Waals surface area contributed by atoms with Crippen LogP contribution in [0.5, 0.6) is 0 Å². The minimum absolute atomic E-state index is 0.192. The summed E-state index contributed by atoms with van der Waals surface area (Å²) >= 11 is 1.24.